The van der Waals surface area contributed by atoms with Crippen LogP contribution in [0.3, 0.4) is 0 Å². The molecule has 2 fully saturated rings. The van der Waals surface area contributed by atoms with Crippen molar-refractivity contribution < 1.29 is 14.6 Å². The van der Waals surface area contributed by atoms with Crippen LogP contribution in [0.1, 0.15) is 52.9 Å². The number of hydrogen-bond acceptors (Lipinski definition) is 4. The lowest BCUT2D eigenvalue weighted by Crippen LogP contribution is -2.75. The van der Waals surface area contributed by atoms with Gasteiger partial charge < -0.3 is 20.9 Å². The van der Waals surface area contributed by atoms with Gasteiger partial charge in [0.25, 0.3) is 0 Å². The molecule has 5 heteroatoms. The molecular weight excluding hydrogens is 268 g/mol. The summed E-state index contributed by atoms with van der Waals surface area (Å²) in [5, 5.41) is 12.5. The molecule has 0 heterocycles. The minimum atomic E-state index is -0.832. The first-order chi connectivity index (χ1) is 9.81. The van der Waals surface area contributed by atoms with E-state index < -0.39 is 5.54 Å². The summed E-state index contributed by atoms with van der Waals surface area (Å²) >= 11 is 0. The fourth-order valence-corrected chi connectivity index (χ4v) is 3.56. The molecule has 0 aromatic carbocycles. The van der Waals surface area contributed by atoms with Crippen molar-refractivity contribution in [2.45, 2.75) is 70.6 Å². The first kappa shape index (κ1) is 16.7. The standard InChI is InChI=1S/C16H30N2O3/c1-4-21-13-9-16(17,15(13,2)3)14(20)18-10-11-5-7-12(19)8-6-11/h11-13,19H,4-10,17H2,1-3H3,(H,18,20). The molecule has 0 aromatic heterocycles. The minimum Gasteiger partial charge on any atom is -0.393 e. The Labute approximate surface area is 127 Å². The first-order valence-electron chi connectivity index (χ1n) is 8.18. The van der Waals surface area contributed by atoms with Crippen molar-refractivity contribution in [3.05, 3.63) is 0 Å². The molecule has 2 atom stereocenters. The van der Waals surface area contributed by atoms with Gasteiger partial charge in [-0.15, -0.1) is 0 Å². The van der Waals surface area contributed by atoms with Crippen LogP contribution in [0.4, 0.5) is 0 Å². The van der Waals surface area contributed by atoms with Gasteiger partial charge in [-0.2, -0.15) is 0 Å². The summed E-state index contributed by atoms with van der Waals surface area (Å²) in [5.74, 6) is 0.404. The van der Waals surface area contributed by atoms with E-state index in [0.717, 1.165) is 25.7 Å². The van der Waals surface area contributed by atoms with Crippen LogP contribution >= 0.6 is 0 Å². The molecule has 0 spiro atoms. The van der Waals surface area contributed by atoms with Crippen LogP contribution in [0.25, 0.3) is 0 Å². The van der Waals surface area contributed by atoms with E-state index in [2.05, 4.69) is 5.32 Å². The van der Waals surface area contributed by atoms with Gasteiger partial charge in [0.2, 0.25) is 5.91 Å². The smallest absolute Gasteiger partial charge is 0.240 e. The van der Waals surface area contributed by atoms with Crippen molar-refractivity contribution in [3.63, 3.8) is 0 Å². The Morgan fingerprint density at radius 2 is 1.95 bits per heavy atom. The molecule has 0 aliphatic heterocycles. The molecule has 2 aliphatic rings. The fraction of sp³-hybridized carbons (Fsp3) is 0.938. The predicted molar refractivity (Wildman–Crippen MR) is 81.7 cm³/mol. The minimum absolute atomic E-state index is 0.0584. The van der Waals surface area contributed by atoms with E-state index in [-0.39, 0.29) is 23.5 Å². The number of amides is 1. The highest BCUT2D eigenvalue weighted by molar-refractivity contribution is 5.88. The number of carbonyl (C=O) groups is 1. The van der Waals surface area contributed by atoms with E-state index in [1.807, 2.05) is 20.8 Å². The van der Waals surface area contributed by atoms with Gasteiger partial charge >= 0.3 is 0 Å². The molecular formula is C16H30N2O3. The summed E-state index contributed by atoms with van der Waals surface area (Å²) < 4.78 is 5.66. The van der Waals surface area contributed by atoms with E-state index in [1.165, 1.54) is 0 Å². The molecule has 2 unspecified atom stereocenters. The SMILES string of the molecule is CCOC1CC(N)(C(=O)NCC2CCC(O)CC2)C1(C)C. The Morgan fingerprint density at radius 3 is 2.48 bits per heavy atom. The van der Waals surface area contributed by atoms with Crippen molar-refractivity contribution in [3.8, 4) is 0 Å². The number of carbonyl (C=O) groups excluding carboxylic acids is 1. The molecule has 2 rings (SSSR count). The maximum Gasteiger partial charge on any atom is 0.240 e. The highest BCUT2D eigenvalue weighted by Gasteiger charge is 2.62. The van der Waals surface area contributed by atoms with Crippen LogP contribution in [0.15, 0.2) is 0 Å². The number of aliphatic hydroxyl groups is 1. The Hall–Kier alpha value is -0.650. The van der Waals surface area contributed by atoms with Gasteiger partial charge in [-0.05, 0) is 38.5 Å². The summed E-state index contributed by atoms with van der Waals surface area (Å²) in [6, 6.07) is 0. The third kappa shape index (κ3) is 3.10. The molecule has 0 saturated heterocycles. The van der Waals surface area contributed by atoms with Crippen molar-refractivity contribution >= 4 is 5.91 Å². The third-order valence-corrected chi connectivity index (χ3v) is 5.60. The Bertz CT molecular complexity index is 378. The molecule has 0 bridgehead atoms. The topological polar surface area (TPSA) is 84.6 Å². The third-order valence-electron chi connectivity index (χ3n) is 5.60. The number of nitrogens with one attached hydrogen (secondary N) is 1. The lowest BCUT2D eigenvalue weighted by molar-refractivity contribution is -0.170. The summed E-state index contributed by atoms with van der Waals surface area (Å²) in [6.07, 6.45) is 4.12. The molecule has 0 radical (unpaired) electrons. The van der Waals surface area contributed by atoms with Crippen LogP contribution in [-0.4, -0.2) is 41.9 Å². The molecule has 21 heavy (non-hydrogen) atoms. The normalized spacial score (nSPS) is 38.6. The van der Waals surface area contributed by atoms with Gasteiger partial charge in [0.15, 0.2) is 0 Å². The van der Waals surface area contributed by atoms with Crippen molar-refractivity contribution in [1.29, 1.82) is 0 Å². The molecule has 0 aromatic rings. The number of rotatable bonds is 5. The van der Waals surface area contributed by atoms with Gasteiger partial charge in [-0.1, -0.05) is 13.8 Å². The lowest BCUT2D eigenvalue weighted by Gasteiger charge is -2.57. The van der Waals surface area contributed by atoms with Gasteiger partial charge in [0.1, 0.15) is 5.54 Å². The molecule has 2 aliphatic carbocycles. The van der Waals surface area contributed by atoms with E-state index in [1.54, 1.807) is 0 Å². The van der Waals surface area contributed by atoms with Crippen LogP contribution in [0.2, 0.25) is 0 Å². The van der Waals surface area contributed by atoms with Crippen molar-refractivity contribution in [1.82, 2.24) is 5.32 Å². The summed E-state index contributed by atoms with van der Waals surface area (Å²) in [6.45, 7) is 7.29. The van der Waals surface area contributed by atoms with E-state index in [4.69, 9.17) is 10.5 Å². The molecule has 122 valence electrons. The molecule has 1 amide bonds. The monoisotopic (exact) mass is 298 g/mol. The highest BCUT2D eigenvalue weighted by atomic mass is 16.5. The van der Waals surface area contributed by atoms with Crippen LogP contribution in [0.5, 0.6) is 0 Å². The van der Waals surface area contributed by atoms with Crippen molar-refractivity contribution in [2.75, 3.05) is 13.2 Å². The average Bonchev–Trinajstić information content (AvgIpc) is 2.45. The summed E-state index contributed by atoms with van der Waals surface area (Å²) in [7, 11) is 0. The van der Waals surface area contributed by atoms with E-state index in [0.29, 0.717) is 25.5 Å². The second kappa shape index (κ2) is 6.23. The van der Waals surface area contributed by atoms with Crippen LogP contribution in [-0.2, 0) is 9.53 Å². The lowest BCUT2D eigenvalue weighted by atomic mass is 9.54. The van der Waals surface area contributed by atoms with Gasteiger partial charge in [0.05, 0.1) is 12.2 Å². The molecule has 5 nitrogen and oxygen atoms in total. The second-order valence-electron chi connectivity index (χ2n) is 7.23. The van der Waals surface area contributed by atoms with E-state index in [9.17, 15) is 9.90 Å². The number of aliphatic hydroxyl groups excluding tert-OH is 1. The second-order valence-corrected chi connectivity index (χ2v) is 7.23. The zero-order valence-electron chi connectivity index (χ0n) is 13.5. The zero-order valence-corrected chi connectivity index (χ0v) is 13.5. The molecule has 4 N–H and O–H groups in total. The summed E-state index contributed by atoms with van der Waals surface area (Å²) in [5.41, 5.74) is 5.18. The zero-order chi connectivity index (χ0) is 15.7. The maximum absolute atomic E-state index is 12.5. The summed E-state index contributed by atoms with van der Waals surface area (Å²) in [4.78, 5) is 12.5. The van der Waals surface area contributed by atoms with Crippen LogP contribution in [0, 0.1) is 11.3 Å². The highest BCUT2D eigenvalue weighted by Crippen LogP contribution is 2.49. The number of nitrogens with two attached hydrogens (primary N) is 1. The van der Waals surface area contributed by atoms with Gasteiger partial charge in [-0.3, -0.25) is 4.79 Å². The Morgan fingerprint density at radius 1 is 1.33 bits per heavy atom. The predicted octanol–water partition coefficient (Wildman–Crippen LogP) is 1.19. The molecule has 2 saturated carbocycles. The quantitative estimate of drug-likeness (QED) is 0.712. The average molecular weight is 298 g/mol. The fourth-order valence-electron chi connectivity index (χ4n) is 3.56. The van der Waals surface area contributed by atoms with Crippen LogP contribution < -0.4 is 11.1 Å². The van der Waals surface area contributed by atoms with Crippen molar-refractivity contribution in [2.24, 2.45) is 17.1 Å². The van der Waals surface area contributed by atoms with Gasteiger partial charge in [-0.25, -0.2) is 0 Å². The number of ether oxygens (including phenoxy) is 1. The van der Waals surface area contributed by atoms with E-state index >= 15 is 0 Å². The Kier molecular flexibility index (Phi) is 4.96. The first-order valence-corrected chi connectivity index (χ1v) is 8.18. The largest absolute Gasteiger partial charge is 0.393 e. The maximum atomic E-state index is 12.5. The van der Waals surface area contributed by atoms with Gasteiger partial charge in [0, 0.05) is 25.0 Å². The number of hydrogen-bond donors (Lipinski definition) is 3. The Balaban J connectivity index is 1.83.